The van der Waals surface area contributed by atoms with Crippen LogP contribution < -0.4 is 0 Å². The number of ether oxygens (including phenoxy) is 4. The quantitative estimate of drug-likeness (QED) is 0.644. The van der Waals surface area contributed by atoms with E-state index in [1.54, 1.807) is 12.0 Å². The monoisotopic (exact) mass is 317 g/mol. The summed E-state index contributed by atoms with van der Waals surface area (Å²) in [4.78, 5) is 13.8. The van der Waals surface area contributed by atoms with Gasteiger partial charge in [-0.2, -0.15) is 0 Å². The Kier molecular flexibility index (Phi) is 7.59. The fraction of sp³-hybridized carbons (Fsp3) is 0.938. The van der Waals surface area contributed by atoms with Crippen LogP contribution in [-0.2, 0) is 18.9 Å². The molecule has 1 amide bonds. The Labute approximate surface area is 134 Å². The second kappa shape index (κ2) is 8.70. The maximum atomic E-state index is 12.0. The van der Waals surface area contributed by atoms with Gasteiger partial charge in [-0.15, -0.1) is 0 Å². The lowest BCUT2D eigenvalue weighted by molar-refractivity contribution is -0.0364. The molecule has 1 aliphatic rings. The average molecular weight is 317 g/mol. The summed E-state index contributed by atoms with van der Waals surface area (Å²) in [6, 6.07) is 0. The highest BCUT2D eigenvalue weighted by Crippen LogP contribution is 2.26. The summed E-state index contributed by atoms with van der Waals surface area (Å²) in [7, 11) is 1.66. The third kappa shape index (κ3) is 7.42. The molecule has 0 N–H and O–H groups in total. The van der Waals surface area contributed by atoms with Gasteiger partial charge in [0.25, 0.3) is 0 Å². The molecule has 1 saturated heterocycles. The molecule has 0 spiro atoms. The normalized spacial score (nSPS) is 22.1. The number of carbonyl (C=O) groups is 1. The van der Waals surface area contributed by atoms with Gasteiger partial charge in [0.05, 0.1) is 25.4 Å². The van der Waals surface area contributed by atoms with Crippen LogP contribution in [0.1, 0.15) is 40.5 Å². The molecule has 1 heterocycles. The Morgan fingerprint density at radius 2 is 1.91 bits per heavy atom. The van der Waals surface area contributed by atoms with Gasteiger partial charge >= 0.3 is 6.09 Å². The van der Waals surface area contributed by atoms with E-state index in [-0.39, 0.29) is 11.7 Å². The number of carbonyl (C=O) groups excluding carboxylic acids is 1. The van der Waals surface area contributed by atoms with Crippen molar-refractivity contribution in [3.63, 3.8) is 0 Å². The first-order chi connectivity index (χ1) is 10.3. The smallest absolute Gasteiger partial charge is 0.410 e. The maximum Gasteiger partial charge on any atom is 0.410 e. The number of hydrogen-bond acceptors (Lipinski definition) is 5. The van der Waals surface area contributed by atoms with Crippen molar-refractivity contribution in [2.75, 3.05) is 46.6 Å². The first-order valence-corrected chi connectivity index (χ1v) is 7.94. The minimum absolute atomic E-state index is 0.261. The molecule has 0 aromatic carbocycles. The number of amides is 1. The SMILES string of the molecule is COCCOCCCOC1(C)CCN(C(=O)OC(C)(C)C)C1. The van der Waals surface area contributed by atoms with E-state index in [0.29, 0.717) is 39.5 Å². The van der Waals surface area contributed by atoms with Crippen molar-refractivity contribution >= 4 is 6.09 Å². The summed E-state index contributed by atoms with van der Waals surface area (Å²) >= 11 is 0. The van der Waals surface area contributed by atoms with Crippen molar-refractivity contribution in [2.24, 2.45) is 0 Å². The molecule has 1 unspecified atom stereocenters. The van der Waals surface area contributed by atoms with Crippen LogP contribution in [-0.4, -0.2) is 68.8 Å². The first-order valence-electron chi connectivity index (χ1n) is 7.94. The third-order valence-corrected chi connectivity index (χ3v) is 3.40. The highest BCUT2D eigenvalue weighted by atomic mass is 16.6. The summed E-state index contributed by atoms with van der Waals surface area (Å²) in [5, 5.41) is 0. The van der Waals surface area contributed by atoms with Crippen LogP contribution in [0.3, 0.4) is 0 Å². The van der Waals surface area contributed by atoms with Crippen molar-refractivity contribution in [3.8, 4) is 0 Å². The second-order valence-electron chi connectivity index (χ2n) is 6.91. The van der Waals surface area contributed by atoms with Crippen LogP contribution >= 0.6 is 0 Å². The molecule has 0 saturated carbocycles. The van der Waals surface area contributed by atoms with Crippen LogP contribution in [0, 0.1) is 0 Å². The summed E-state index contributed by atoms with van der Waals surface area (Å²) in [6.45, 7) is 11.4. The van der Waals surface area contributed by atoms with Crippen LogP contribution in [0.5, 0.6) is 0 Å². The maximum absolute atomic E-state index is 12.0. The van der Waals surface area contributed by atoms with E-state index in [9.17, 15) is 4.79 Å². The summed E-state index contributed by atoms with van der Waals surface area (Å²) in [6.07, 6.45) is 1.41. The molecule has 0 aromatic rings. The molecule has 0 radical (unpaired) electrons. The lowest BCUT2D eigenvalue weighted by Crippen LogP contribution is -2.39. The van der Waals surface area contributed by atoms with Gasteiger partial charge in [0.15, 0.2) is 0 Å². The lowest BCUT2D eigenvalue weighted by Gasteiger charge is -2.27. The molecule has 1 atom stereocenters. The van der Waals surface area contributed by atoms with Crippen LogP contribution in [0.4, 0.5) is 4.79 Å². The number of rotatable bonds is 8. The summed E-state index contributed by atoms with van der Waals surface area (Å²) < 4.78 is 21.6. The topological polar surface area (TPSA) is 57.2 Å². The van der Waals surface area contributed by atoms with E-state index in [2.05, 4.69) is 0 Å². The fourth-order valence-electron chi connectivity index (χ4n) is 2.26. The number of hydrogen-bond donors (Lipinski definition) is 0. The highest BCUT2D eigenvalue weighted by molar-refractivity contribution is 5.68. The Morgan fingerprint density at radius 3 is 2.55 bits per heavy atom. The van der Waals surface area contributed by atoms with Gasteiger partial charge < -0.3 is 23.8 Å². The second-order valence-corrected chi connectivity index (χ2v) is 6.91. The van der Waals surface area contributed by atoms with E-state index in [0.717, 1.165) is 12.8 Å². The molecule has 0 aromatic heterocycles. The van der Waals surface area contributed by atoms with Crippen LogP contribution in [0.25, 0.3) is 0 Å². The molecule has 1 rings (SSSR count). The van der Waals surface area contributed by atoms with Crippen molar-refractivity contribution in [1.29, 1.82) is 0 Å². The molecule has 6 nitrogen and oxygen atoms in total. The molecule has 22 heavy (non-hydrogen) atoms. The molecule has 1 aliphatic heterocycles. The van der Waals surface area contributed by atoms with Crippen molar-refractivity contribution < 1.29 is 23.7 Å². The minimum atomic E-state index is -0.462. The van der Waals surface area contributed by atoms with Gasteiger partial charge in [0.2, 0.25) is 0 Å². The van der Waals surface area contributed by atoms with Gasteiger partial charge in [0.1, 0.15) is 5.60 Å². The van der Waals surface area contributed by atoms with E-state index < -0.39 is 5.60 Å². The molecule has 1 fully saturated rings. The van der Waals surface area contributed by atoms with Crippen LogP contribution in [0.2, 0.25) is 0 Å². The Morgan fingerprint density at radius 1 is 1.18 bits per heavy atom. The number of nitrogens with zero attached hydrogens (tertiary/aromatic N) is 1. The fourth-order valence-corrected chi connectivity index (χ4v) is 2.26. The summed E-state index contributed by atoms with van der Waals surface area (Å²) in [5.74, 6) is 0. The number of methoxy groups -OCH3 is 1. The van der Waals surface area contributed by atoms with Crippen molar-refractivity contribution in [1.82, 2.24) is 4.90 Å². The number of likely N-dealkylation sites (tertiary alicyclic amines) is 1. The zero-order valence-corrected chi connectivity index (χ0v) is 14.6. The Bertz CT molecular complexity index is 342. The van der Waals surface area contributed by atoms with Gasteiger partial charge in [-0.05, 0) is 40.5 Å². The predicted molar refractivity (Wildman–Crippen MR) is 84.1 cm³/mol. The van der Waals surface area contributed by atoms with Gasteiger partial charge in [-0.25, -0.2) is 4.79 Å². The van der Waals surface area contributed by atoms with Crippen LogP contribution in [0.15, 0.2) is 0 Å². The summed E-state index contributed by atoms with van der Waals surface area (Å²) in [5.41, 5.74) is -0.750. The Hall–Kier alpha value is -0.850. The highest BCUT2D eigenvalue weighted by Gasteiger charge is 2.38. The van der Waals surface area contributed by atoms with Gasteiger partial charge in [0, 0.05) is 26.9 Å². The third-order valence-electron chi connectivity index (χ3n) is 3.40. The zero-order chi connectivity index (χ0) is 16.6. The molecule has 6 heteroatoms. The van der Waals surface area contributed by atoms with Gasteiger partial charge in [-0.3, -0.25) is 0 Å². The van der Waals surface area contributed by atoms with E-state index in [1.807, 2.05) is 27.7 Å². The molecule has 130 valence electrons. The van der Waals surface area contributed by atoms with Crippen molar-refractivity contribution in [2.45, 2.75) is 51.7 Å². The standard InChI is InChI=1S/C16H31NO5/c1-15(2,3)22-14(18)17-8-7-16(4,13-17)21-10-6-9-20-12-11-19-5/h6-13H2,1-5H3. The van der Waals surface area contributed by atoms with Gasteiger partial charge in [-0.1, -0.05) is 0 Å². The van der Waals surface area contributed by atoms with E-state index >= 15 is 0 Å². The lowest BCUT2D eigenvalue weighted by atomic mass is 10.1. The Balaban J connectivity index is 2.21. The van der Waals surface area contributed by atoms with Crippen molar-refractivity contribution in [3.05, 3.63) is 0 Å². The van der Waals surface area contributed by atoms with E-state index in [4.69, 9.17) is 18.9 Å². The van der Waals surface area contributed by atoms with E-state index in [1.165, 1.54) is 0 Å². The molecular weight excluding hydrogens is 286 g/mol. The molecular formula is C16H31NO5. The zero-order valence-electron chi connectivity index (χ0n) is 14.6. The predicted octanol–water partition coefficient (Wildman–Crippen LogP) is 2.46. The molecule has 0 aliphatic carbocycles. The molecule has 0 bridgehead atoms. The minimum Gasteiger partial charge on any atom is -0.444 e. The largest absolute Gasteiger partial charge is 0.444 e. The first kappa shape index (κ1) is 19.2. The average Bonchev–Trinajstić information content (AvgIpc) is 2.79.